The Balaban J connectivity index is -0.00000000364. The van der Waals surface area contributed by atoms with Crippen molar-refractivity contribution in [1.82, 2.24) is 0 Å². The molecule has 18 nitrogen and oxygen atoms in total. The van der Waals surface area contributed by atoms with Crippen molar-refractivity contribution in [3.05, 3.63) is 0 Å². The second-order valence-corrected chi connectivity index (χ2v) is 3.08. The number of phosphoric acid groups is 2. The van der Waals surface area contributed by atoms with Gasteiger partial charge in [0, 0.05) is 0 Å². The van der Waals surface area contributed by atoms with Crippen LogP contribution in [-0.4, -0.2) is 114 Å². The van der Waals surface area contributed by atoms with Gasteiger partial charge in [-0.1, -0.05) is 0 Å². The van der Waals surface area contributed by atoms with Gasteiger partial charge in [0.25, 0.3) is 0 Å². The van der Waals surface area contributed by atoms with Gasteiger partial charge in [0.1, 0.15) is 0 Å². The van der Waals surface area contributed by atoms with E-state index in [1.165, 1.54) is 0 Å². The molecule has 0 bridgehead atoms. The molecule has 0 amide bonds. The van der Waals surface area contributed by atoms with Crippen LogP contribution >= 0.6 is 15.6 Å². The normalized spacial score (nSPS) is 5.62. The molecule has 0 spiro atoms. The molecule has 0 fully saturated rings. The Morgan fingerprint density at radius 1 is 0.381 bits per heavy atom. The van der Waals surface area contributed by atoms with E-state index >= 15 is 0 Å². The van der Waals surface area contributed by atoms with Crippen LogP contribution in [0, 0.1) is 0 Å². The quantitative estimate of drug-likeness (QED) is 0.167. The van der Waals surface area contributed by atoms with Crippen LogP contribution in [-0.2, 0) is 9.13 Å². The molecule has 21 heavy (non-hydrogen) atoms. The summed E-state index contributed by atoms with van der Waals surface area (Å²) in [5, 5.41) is 0. The standard InChI is InChI=1S/Na.2H3O4P.10H2O.H/c;2*1-5(2,3)4;;;;;;;;;;;/h;2*(H3,1,2,3,4);10*1H2;. The zero-order valence-corrected chi connectivity index (χ0v) is 11.2. The van der Waals surface area contributed by atoms with Crippen LogP contribution in [0.4, 0.5) is 0 Å². The van der Waals surface area contributed by atoms with E-state index < -0.39 is 15.6 Å². The van der Waals surface area contributed by atoms with Crippen molar-refractivity contribution in [2.24, 2.45) is 0 Å². The summed E-state index contributed by atoms with van der Waals surface area (Å²) >= 11 is 0. The molecule has 0 aromatic carbocycles. The molecule has 0 aliphatic heterocycles. The van der Waals surface area contributed by atoms with Crippen molar-refractivity contribution in [3.8, 4) is 0 Å². The summed E-state index contributed by atoms with van der Waals surface area (Å²) in [5.74, 6) is 0. The van der Waals surface area contributed by atoms with Gasteiger partial charge in [0.05, 0.1) is 0 Å². The van der Waals surface area contributed by atoms with Gasteiger partial charge in [-0.3, -0.25) is 0 Å². The first-order valence-corrected chi connectivity index (χ1v) is 4.70. The predicted molar refractivity (Wildman–Crippen MR) is 71.8 cm³/mol. The monoisotopic (exact) mass is 400 g/mol. The van der Waals surface area contributed by atoms with Crippen LogP contribution in [0.25, 0.3) is 0 Å². The van der Waals surface area contributed by atoms with E-state index in [0.717, 1.165) is 0 Å². The molecule has 0 rings (SSSR count). The molecular formula is H27NaO18P2. The minimum atomic E-state index is -4.64. The van der Waals surface area contributed by atoms with E-state index in [4.69, 9.17) is 38.5 Å². The van der Waals surface area contributed by atoms with E-state index in [0.29, 0.717) is 0 Å². The van der Waals surface area contributed by atoms with E-state index in [1.807, 2.05) is 0 Å². The Morgan fingerprint density at radius 2 is 0.381 bits per heavy atom. The molecule has 21 heteroatoms. The molecule has 0 saturated carbocycles. The zero-order valence-electron chi connectivity index (χ0n) is 9.39. The Labute approximate surface area is 138 Å². The first-order valence-electron chi connectivity index (χ1n) is 1.57. The van der Waals surface area contributed by atoms with Gasteiger partial charge in [-0.05, 0) is 0 Å². The molecule has 0 radical (unpaired) electrons. The summed E-state index contributed by atoms with van der Waals surface area (Å²) in [6.45, 7) is 0. The molecule has 0 atom stereocenters. The average Bonchev–Trinajstić information content (AvgIpc) is 1.12. The molecule has 0 saturated heterocycles. The van der Waals surface area contributed by atoms with Gasteiger partial charge >= 0.3 is 45.2 Å². The molecular weight excluding hydrogens is 373 g/mol. The molecule has 146 valence electrons. The molecule has 0 aromatic rings. The van der Waals surface area contributed by atoms with Crippen molar-refractivity contribution in [1.29, 1.82) is 0 Å². The summed E-state index contributed by atoms with van der Waals surface area (Å²) in [6.07, 6.45) is 0. The van der Waals surface area contributed by atoms with E-state index in [2.05, 4.69) is 0 Å². The van der Waals surface area contributed by atoms with Gasteiger partial charge < -0.3 is 84.1 Å². The van der Waals surface area contributed by atoms with Gasteiger partial charge in [0.2, 0.25) is 0 Å². The fourth-order valence-electron chi connectivity index (χ4n) is 0. The maximum atomic E-state index is 8.88. The van der Waals surface area contributed by atoms with Gasteiger partial charge in [-0.15, -0.1) is 0 Å². The zero-order chi connectivity index (χ0) is 9.00. The second kappa shape index (κ2) is 49.8. The Kier molecular flexibility index (Phi) is 288. The average molecular weight is 400 g/mol. The van der Waals surface area contributed by atoms with Crippen LogP contribution in [0.2, 0.25) is 0 Å². The molecule has 26 N–H and O–H groups in total. The Hall–Kier alpha value is 0.820. The molecule has 0 unspecified atom stereocenters. The first-order chi connectivity index (χ1) is 4.00. The molecule has 0 aliphatic carbocycles. The topological polar surface area (TPSA) is 471 Å². The van der Waals surface area contributed by atoms with Crippen LogP contribution in [0.5, 0.6) is 0 Å². The third kappa shape index (κ3) is 11000. The van der Waals surface area contributed by atoms with Crippen LogP contribution in [0.1, 0.15) is 0 Å². The third-order valence-electron chi connectivity index (χ3n) is 0. The summed E-state index contributed by atoms with van der Waals surface area (Å²) < 4.78 is 17.8. The van der Waals surface area contributed by atoms with Crippen LogP contribution in [0.15, 0.2) is 0 Å². The van der Waals surface area contributed by atoms with E-state index in [9.17, 15) is 0 Å². The summed E-state index contributed by atoms with van der Waals surface area (Å²) in [4.78, 5) is 43.1. The SMILES string of the molecule is O.O.O.O.O.O.O.O.O.O.O=P(O)(O)O.O=P(O)(O)O.[NaH]. The van der Waals surface area contributed by atoms with Crippen molar-refractivity contribution < 1.29 is 93.3 Å². The van der Waals surface area contributed by atoms with E-state index in [1.54, 1.807) is 0 Å². The fourth-order valence-corrected chi connectivity index (χ4v) is 0. The number of rotatable bonds is 0. The van der Waals surface area contributed by atoms with Crippen molar-refractivity contribution in [2.45, 2.75) is 0 Å². The van der Waals surface area contributed by atoms with E-state index in [-0.39, 0.29) is 84.3 Å². The fraction of sp³-hybridized carbons (Fsp3) is 0. The van der Waals surface area contributed by atoms with Crippen LogP contribution in [0.3, 0.4) is 0 Å². The molecule has 0 heterocycles. The Morgan fingerprint density at radius 3 is 0.381 bits per heavy atom. The first kappa shape index (κ1) is 122. The van der Waals surface area contributed by atoms with Gasteiger partial charge in [-0.2, -0.15) is 0 Å². The minimum absolute atomic E-state index is 0. The number of hydrogen-bond acceptors (Lipinski definition) is 2. The summed E-state index contributed by atoms with van der Waals surface area (Å²) in [7, 11) is -9.28. The van der Waals surface area contributed by atoms with Gasteiger partial charge in [-0.25, -0.2) is 9.13 Å². The van der Waals surface area contributed by atoms with Gasteiger partial charge in [0.15, 0.2) is 0 Å². The predicted octanol–water partition coefficient (Wildman–Crippen LogP) is -10.8. The molecule has 0 aromatic heterocycles. The molecule has 0 aliphatic rings. The van der Waals surface area contributed by atoms with Crippen LogP contribution < -0.4 is 0 Å². The summed E-state index contributed by atoms with van der Waals surface area (Å²) in [5.41, 5.74) is 0. The Bertz CT molecular complexity index is 128. The second-order valence-electron chi connectivity index (χ2n) is 1.03. The van der Waals surface area contributed by atoms with Crippen molar-refractivity contribution in [3.63, 3.8) is 0 Å². The van der Waals surface area contributed by atoms with Crippen molar-refractivity contribution >= 4 is 45.2 Å². The summed E-state index contributed by atoms with van der Waals surface area (Å²) in [6, 6.07) is 0. The maximum absolute atomic E-state index is 8.88. The number of hydrogen-bond donors (Lipinski definition) is 6. The third-order valence-corrected chi connectivity index (χ3v) is 0. The van der Waals surface area contributed by atoms with Crippen molar-refractivity contribution in [2.75, 3.05) is 0 Å².